The van der Waals surface area contributed by atoms with E-state index in [1.807, 2.05) is 38.1 Å². The summed E-state index contributed by atoms with van der Waals surface area (Å²) in [5.74, 6) is -0.318. The van der Waals surface area contributed by atoms with Crippen molar-refractivity contribution in [1.29, 1.82) is 0 Å². The van der Waals surface area contributed by atoms with Crippen molar-refractivity contribution in [2.24, 2.45) is 0 Å². The van der Waals surface area contributed by atoms with Crippen LogP contribution in [0.2, 0.25) is 0 Å². The van der Waals surface area contributed by atoms with Crippen molar-refractivity contribution in [3.05, 3.63) is 48.0 Å². The Labute approximate surface area is 161 Å². The van der Waals surface area contributed by atoms with Gasteiger partial charge in [-0.1, -0.05) is 13.0 Å². The molecule has 2 rings (SSSR count). The maximum absolute atomic E-state index is 13.8. The summed E-state index contributed by atoms with van der Waals surface area (Å²) in [6.07, 6.45) is 0.693. The largest absolute Gasteiger partial charge is 0.493 e. The van der Waals surface area contributed by atoms with Crippen LogP contribution in [0.15, 0.2) is 42.5 Å². The number of aliphatic hydroxyl groups excluding tert-OH is 1. The third-order valence-corrected chi connectivity index (χ3v) is 6.77. The number of nitrogens with zero attached hydrogens (tertiary/aromatic N) is 1. The maximum atomic E-state index is 13.8. The second-order valence-corrected chi connectivity index (χ2v) is 8.79. The molecule has 2 aromatic rings. The fraction of sp³-hybridized carbons (Fsp3) is 0.400. The molecular formula is C20H28NO5P. The van der Waals surface area contributed by atoms with E-state index in [2.05, 4.69) is 0 Å². The highest BCUT2D eigenvalue weighted by atomic mass is 31.2. The normalized spacial score (nSPS) is 14.3. The molecule has 0 amide bonds. The number of methoxy groups -OCH3 is 2. The molecule has 0 bridgehead atoms. The first kappa shape index (κ1) is 21.3. The Morgan fingerprint density at radius 3 is 2.19 bits per heavy atom. The topological polar surface area (TPSA) is 68.2 Å². The van der Waals surface area contributed by atoms with Crippen LogP contribution in [-0.2, 0) is 9.09 Å². The molecule has 0 saturated heterocycles. The molecule has 0 spiro atoms. The minimum atomic E-state index is -3.56. The second-order valence-electron chi connectivity index (χ2n) is 6.33. The second kappa shape index (κ2) is 9.27. The summed E-state index contributed by atoms with van der Waals surface area (Å²) in [5.41, 5.74) is 1.42. The van der Waals surface area contributed by atoms with Crippen LogP contribution in [0.1, 0.15) is 24.8 Å². The Bertz CT molecular complexity index is 791. The van der Waals surface area contributed by atoms with E-state index in [0.29, 0.717) is 28.8 Å². The molecule has 0 unspecified atom stereocenters. The predicted octanol–water partition coefficient (Wildman–Crippen LogP) is 3.79. The lowest BCUT2D eigenvalue weighted by molar-refractivity contribution is 0.213. The van der Waals surface area contributed by atoms with Crippen LogP contribution in [0.3, 0.4) is 0 Å². The third kappa shape index (κ3) is 4.64. The van der Waals surface area contributed by atoms with E-state index >= 15 is 0 Å². The van der Waals surface area contributed by atoms with Crippen molar-refractivity contribution in [1.82, 2.24) is 0 Å². The molecule has 0 aliphatic heterocycles. The van der Waals surface area contributed by atoms with Crippen LogP contribution in [0.25, 0.3) is 0 Å². The van der Waals surface area contributed by atoms with E-state index in [0.717, 1.165) is 5.69 Å². The molecule has 148 valence electrons. The van der Waals surface area contributed by atoms with Gasteiger partial charge in [-0.15, -0.1) is 0 Å². The summed E-state index contributed by atoms with van der Waals surface area (Å²) < 4.78 is 30.0. The van der Waals surface area contributed by atoms with Crippen molar-refractivity contribution in [3.8, 4) is 11.5 Å². The van der Waals surface area contributed by atoms with Gasteiger partial charge in [-0.2, -0.15) is 0 Å². The number of hydrogen-bond donors (Lipinski definition) is 1. The van der Waals surface area contributed by atoms with E-state index in [4.69, 9.17) is 14.0 Å². The molecule has 0 heterocycles. The van der Waals surface area contributed by atoms with Gasteiger partial charge in [0.2, 0.25) is 0 Å². The zero-order chi connectivity index (χ0) is 20.0. The first-order chi connectivity index (χ1) is 12.9. The molecule has 2 aromatic carbocycles. The molecule has 0 aromatic heterocycles. The Morgan fingerprint density at radius 1 is 1.04 bits per heavy atom. The Kier molecular flexibility index (Phi) is 7.31. The molecule has 0 aliphatic rings. The van der Waals surface area contributed by atoms with Crippen molar-refractivity contribution in [2.45, 2.75) is 19.2 Å². The van der Waals surface area contributed by atoms with Gasteiger partial charge in [-0.3, -0.25) is 4.57 Å². The molecule has 27 heavy (non-hydrogen) atoms. The maximum Gasteiger partial charge on any atom is 0.264 e. The summed E-state index contributed by atoms with van der Waals surface area (Å²) in [6, 6.07) is 12.2. The van der Waals surface area contributed by atoms with Crippen LogP contribution < -0.4 is 19.7 Å². The zero-order valence-electron chi connectivity index (χ0n) is 16.5. The molecule has 0 fully saturated rings. The minimum Gasteiger partial charge on any atom is -0.493 e. The summed E-state index contributed by atoms with van der Waals surface area (Å²) in [5, 5.41) is 11.5. The van der Waals surface area contributed by atoms with Gasteiger partial charge < -0.3 is 24.0 Å². The fourth-order valence-corrected chi connectivity index (χ4v) is 4.83. The molecule has 6 nitrogen and oxygen atoms in total. The monoisotopic (exact) mass is 393 g/mol. The highest BCUT2D eigenvalue weighted by molar-refractivity contribution is 7.67. The van der Waals surface area contributed by atoms with Crippen molar-refractivity contribution >= 4 is 18.4 Å². The molecule has 1 N–H and O–H groups in total. The van der Waals surface area contributed by atoms with Gasteiger partial charge in [0.05, 0.1) is 20.8 Å². The van der Waals surface area contributed by atoms with E-state index in [-0.39, 0.29) is 6.61 Å². The Balaban J connectivity index is 2.46. The van der Waals surface area contributed by atoms with Crippen LogP contribution in [0.4, 0.5) is 5.69 Å². The molecule has 2 atom stereocenters. The van der Waals surface area contributed by atoms with Gasteiger partial charge in [-0.05, 0) is 48.4 Å². The number of ether oxygens (including phenoxy) is 2. The smallest absolute Gasteiger partial charge is 0.264 e. The number of aliphatic hydroxyl groups is 1. The Hall–Kier alpha value is -2.01. The minimum absolute atomic E-state index is 0.289. The lowest BCUT2D eigenvalue weighted by Crippen LogP contribution is -2.16. The van der Waals surface area contributed by atoms with Gasteiger partial charge in [0.1, 0.15) is 0 Å². The summed E-state index contributed by atoms with van der Waals surface area (Å²) >= 11 is 0. The quantitative estimate of drug-likeness (QED) is 0.654. The number of anilines is 1. The third-order valence-electron chi connectivity index (χ3n) is 4.24. The van der Waals surface area contributed by atoms with Gasteiger partial charge in [0.15, 0.2) is 17.3 Å². The van der Waals surface area contributed by atoms with Crippen LogP contribution in [0, 0.1) is 0 Å². The molecule has 0 aliphatic carbocycles. The lowest BCUT2D eigenvalue weighted by Gasteiger charge is -2.25. The molecule has 7 heteroatoms. The average Bonchev–Trinajstić information content (AvgIpc) is 2.70. The number of benzene rings is 2. The highest BCUT2D eigenvalue weighted by Gasteiger charge is 2.36. The Morgan fingerprint density at radius 2 is 1.67 bits per heavy atom. The fourth-order valence-electron chi connectivity index (χ4n) is 2.68. The van der Waals surface area contributed by atoms with Crippen LogP contribution in [-0.4, -0.2) is 40.0 Å². The standard InChI is InChI=1S/C20H28NO5P/c1-6-13-26-27(23,17-10-8-16(9-11-17)21(2)3)20(22)15-7-12-18(24-4)19(14-15)25-5/h7-12,14,20,22H,6,13H2,1-5H3/t20-,27+/m0/s1. The van der Waals surface area contributed by atoms with Crippen molar-refractivity contribution < 1.29 is 23.7 Å². The van der Waals surface area contributed by atoms with E-state index in [1.54, 1.807) is 30.3 Å². The number of hydrogen-bond acceptors (Lipinski definition) is 6. The highest BCUT2D eigenvalue weighted by Crippen LogP contribution is 2.58. The first-order valence-corrected chi connectivity index (χ1v) is 10.5. The van der Waals surface area contributed by atoms with Crippen molar-refractivity contribution in [3.63, 3.8) is 0 Å². The van der Waals surface area contributed by atoms with Crippen LogP contribution in [0.5, 0.6) is 11.5 Å². The predicted molar refractivity (Wildman–Crippen MR) is 109 cm³/mol. The van der Waals surface area contributed by atoms with Crippen molar-refractivity contribution in [2.75, 3.05) is 39.8 Å². The molecule has 0 radical (unpaired) electrons. The summed E-state index contributed by atoms with van der Waals surface area (Å²) in [6.45, 7) is 2.22. The van der Waals surface area contributed by atoms with Crippen LogP contribution >= 0.6 is 7.37 Å². The summed E-state index contributed by atoms with van der Waals surface area (Å²) in [4.78, 5) is 1.95. The zero-order valence-corrected chi connectivity index (χ0v) is 17.4. The van der Waals surface area contributed by atoms with Gasteiger partial charge >= 0.3 is 0 Å². The molecular weight excluding hydrogens is 365 g/mol. The van der Waals surface area contributed by atoms with E-state index < -0.39 is 13.2 Å². The lowest BCUT2D eigenvalue weighted by atomic mass is 10.2. The first-order valence-electron chi connectivity index (χ1n) is 8.79. The SMILES string of the molecule is CCCO[P@](=O)(c1ccc(N(C)C)cc1)[C@H](O)c1ccc(OC)c(OC)c1. The van der Waals surface area contributed by atoms with Gasteiger partial charge in [0.25, 0.3) is 7.37 Å². The molecule has 0 saturated carbocycles. The summed E-state index contributed by atoms with van der Waals surface area (Å²) in [7, 11) is 3.35. The van der Waals surface area contributed by atoms with E-state index in [1.165, 1.54) is 14.2 Å². The number of rotatable bonds is 9. The van der Waals surface area contributed by atoms with Gasteiger partial charge in [0, 0.05) is 25.1 Å². The average molecular weight is 393 g/mol. The van der Waals surface area contributed by atoms with E-state index in [9.17, 15) is 9.67 Å². The van der Waals surface area contributed by atoms with Gasteiger partial charge in [-0.25, -0.2) is 0 Å².